The van der Waals surface area contributed by atoms with E-state index in [4.69, 9.17) is 4.42 Å². The van der Waals surface area contributed by atoms with E-state index in [-0.39, 0.29) is 0 Å². The molecule has 3 rings (SSSR count). The van der Waals surface area contributed by atoms with Gasteiger partial charge in [0, 0.05) is 11.6 Å². The number of nitrogens with one attached hydrogen (secondary N) is 1. The first-order chi connectivity index (χ1) is 7.83. The lowest BCUT2D eigenvalue weighted by atomic mass is 9.88. The van der Waals surface area contributed by atoms with E-state index in [1.165, 1.54) is 37.8 Å². The van der Waals surface area contributed by atoms with Gasteiger partial charge in [0.05, 0.1) is 12.5 Å². The van der Waals surface area contributed by atoms with Crippen molar-refractivity contribution in [2.45, 2.75) is 38.6 Å². The van der Waals surface area contributed by atoms with Gasteiger partial charge in [0.25, 0.3) is 0 Å². The first-order valence-electron chi connectivity index (χ1n) is 6.58. The number of furan rings is 1. The lowest BCUT2D eigenvalue weighted by Gasteiger charge is -2.23. The van der Waals surface area contributed by atoms with Gasteiger partial charge in [-0.05, 0) is 56.6 Å². The fraction of sp³-hybridized carbons (Fsp3) is 0.714. The van der Waals surface area contributed by atoms with Crippen LogP contribution in [0.5, 0.6) is 0 Å². The predicted molar refractivity (Wildman–Crippen MR) is 64.1 cm³/mol. The molecule has 0 amide bonds. The van der Waals surface area contributed by atoms with Crippen LogP contribution in [0.15, 0.2) is 23.0 Å². The summed E-state index contributed by atoms with van der Waals surface area (Å²) < 4.78 is 5.12. The molecule has 2 aliphatic rings. The Kier molecular flexibility index (Phi) is 2.76. The molecular weight excluding hydrogens is 198 g/mol. The van der Waals surface area contributed by atoms with Gasteiger partial charge < -0.3 is 9.73 Å². The summed E-state index contributed by atoms with van der Waals surface area (Å²) in [5, 5.41) is 3.65. The molecule has 2 heteroatoms. The van der Waals surface area contributed by atoms with Crippen molar-refractivity contribution in [1.29, 1.82) is 0 Å². The van der Waals surface area contributed by atoms with E-state index in [1.54, 1.807) is 6.26 Å². The Bertz CT molecular complexity index is 333. The van der Waals surface area contributed by atoms with Crippen LogP contribution in [-0.4, -0.2) is 6.54 Å². The monoisotopic (exact) mass is 219 g/mol. The topological polar surface area (TPSA) is 25.2 Å². The lowest BCUT2D eigenvalue weighted by molar-refractivity contribution is 0.309. The second kappa shape index (κ2) is 4.25. The van der Waals surface area contributed by atoms with Gasteiger partial charge in [-0.3, -0.25) is 0 Å². The highest BCUT2D eigenvalue weighted by atomic mass is 16.3. The van der Waals surface area contributed by atoms with Gasteiger partial charge in [-0.1, -0.05) is 6.42 Å². The zero-order valence-corrected chi connectivity index (χ0v) is 9.99. The van der Waals surface area contributed by atoms with E-state index in [0.717, 1.165) is 17.8 Å². The molecule has 0 aromatic carbocycles. The maximum Gasteiger partial charge on any atom is 0.0950 e. The minimum absolute atomic E-state index is 0.429. The summed E-state index contributed by atoms with van der Waals surface area (Å²) in [7, 11) is 0. The highest BCUT2D eigenvalue weighted by molar-refractivity contribution is 5.10. The average Bonchev–Trinajstić information content (AvgIpc) is 3.01. The fourth-order valence-corrected chi connectivity index (χ4v) is 3.59. The van der Waals surface area contributed by atoms with Crippen LogP contribution in [0.2, 0.25) is 0 Å². The van der Waals surface area contributed by atoms with Crippen molar-refractivity contribution in [3.63, 3.8) is 0 Å². The largest absolute Gasteiger partial charge is 0.472 e. The molecule has 0 aliphatic heterocycles. The van der Waals surface area contributed by atoms with Crippen molar-refractivity contribution >= 4 is 0 Å². The van der Waals surface area contributed by atoms with Crippen molar-refractivity contribution in [3.05, 3.63) is 24.2 Å². The smallest absolute Gasteiger partial charge is 0.0950 e. The van der Waals surface area contributed by atoms with Gasteiger partial charge in [0.2, 0.25) is 0 Å². The highest BCUT2D eigenvalue weighted by Crippen LogP contribution is 2.48. The minimum atomic E-state index is 0.429. The van der Waals surface area contributed by atoms with E-state index in [1.807, 2.05) is 6.26 Å². The van der Waals surface area contributed by atoms with Gasteiger partial charge in [0.15, 0.2) is 0 Å². The lowest BCUT2D eigenvalue weighted by Crippen LogP contribution is -2.28. The molecule has 88 valence electrons. The zero-order chi connectivity index (χ0) is 11.0. The van der Waals surface area contributed by atoms with Crippen molar-refractivity contribution in [2.24, 2.45) is 17.8 Å². The summed E-state index contributed by atoms with van der Waals surface area (Å²) in [6.45, 7) is 3.41. The van der Waals surface area contributed by atoms with E-state index in [0.29, 0.717) is 6.04 Å². The van der Waals surface area contributed by atoms with E-state index >= 15 is 0 Å². The fourth-order valence-electron chi connectivity index (χ4n) is 3.59. The van der Waals surface area contributed by atoms with Crippen LogP contribution in [0.25, 0.3) is 0 Å². The molecule has 1 aromatic rings. The Morgan fingerprint density at radius 3 is 3.00 bits per heavy atom. The van der Waals surface area contributed by atoms with Gasteiger partial charge >= 0.3 is 0 Å². The van der Waals surface area contributed by atoms with Gasteiger partial charge in [-0.15, -0.1) is 0 Å². The molecular formula is C14H21NO. The molecule has 1 N–H and O–H groups in total. The molecule has 0 radical (unpaired) electrons. The summed E-state index contributed by atoms with van der Waals surface area (Å²) in [6, 6.07) is 2.48. The third-order valence-corrected chi connectivity index (χ3v) is 4.61. The molecule has 4 atom stereocenters. The van der Waals surface area contributed by atoms with E-state index in [9.17, 15) is 0 Å². The number of fused-ring (bicyclic) bond motifs is 2. The van der Waals surface area contributed by atoms with E-state index < -0.39 is 0 Å². The van der Waals surface area contributed by atoms with Crippen LogP contribution < -0.4 is 5.32 Å². The molecule has 0 saturated heterocycles. The summed E-state index contributed by atoms with van der Waals surface area (Å²) in [6.07, 6.45) is 9.56. The van der Waals surface area contributed by atoms with Crippen LogP contribution in [0.1, 0.15) is 44.2 Å². The molecule has 16 heavy (non-hydrogen) atoms. The van der Waals surface area contributed by atoms with E-state index in [2.05, 4.69) is 18.3 Å². The van der Waals surface area contributed by atoms with Crippen LogP contribution in [0.3, 0.4) is 0 Å². The third kappa shape index (κ3) is 1.91. The van der Waals surface area contributed by atoms with Crippen LogP contribution >= 0.6 is 0 Å². The second-order valence-corrected chi connectivity index (χ2v) is 5.62. The maximum atomic E-state index is 5.12. The predicted octanol–water partition coefficient (Wildman–Crippen LogP) is 3.37. The van der Waals surface area contributed by atoms with Crippen molar-refractivity contribution < 1.29 is 4.42 Å². The van der Waals surface area contributed by atoms with Gasteiger partial charge in [-0.25, -0.2) is 0 Å². The molecule has 0 spiro atoms. The summed E-state index contributed by atoms with van der Waals surface area (Å²) in [4.78, 5) is 0. The summed E-state index contributed by atoms with van der Waals surface area (Å²) >= 11 is 0. The number of hydrogen-bond donors (Lipinski definition) is 1. The Hall–Kier alpha value is -0.760. The molecule has 2 bridgehead atoms. The molecule has 1 aromatic heterocycles. The van der Waals surface area contributed by atoms with Crippen molar-refractivity contribution in [2.75, 3.05) is 6.54 Å². The Labute approximate surface area is 97.4 Å². The van der Waals surface area contributed by atoms with Gasteiger partial charge in [0.1, 0.15) is 0 Å². The highest BCUT2D eigenvalue weighted by Gasteiger charge is 2.39. The standard InChI is InChI=1S/C14H21NO/c1-10(13-4-5-16-9-13)15-8-14-7-11-2-3-12(14)6-11/h4-5,9-12,14-15H,2-3,6-8H2,1H3. The molecule has 2 nitrogen and oxygen atoms in total. The Morgan fingerprint density at radius 1 is 1.44 bits per heavy atom. The van der Waals surface area contributed by atoms with Crippen molar-refractivity contribution in [3.8, 4) is 0 Å². The number of hydrogen-bond acceptors (Lipinski definition) is 2. The molecule has 2 saturated carbocycles. The average molecular weight is 219 g/mol. The Balaban J connectivity index is 1.50. The quantitative estimate of drug-likeness (QED) is 0.840. The zero-order valence-electron chi connectivity index (χ0n) is 9.99. The summed E-state index contributed by atoms with van der Waals surface area (Å²) in [5.74, 6) is 3.02. The molecule has 1 heterocycles. The number of rotatable bonds is 4. The SMILES string of the molecule is CC(NCC1CC2CCC1C2)c1ccoc1. The molecule has 4 unspecified atom stereocenters. The first kappa shape index (κ1) is 10.4. The summed E-state index contributed by atoms with van der Waals surface area (Å²) in [5.41, 5.74) is 1.27. The van der Waals surface area contributed by atoms with Crippen LogP contribution in [0.4, 0.5) is 0 Å². The minimum Gasteiger partial charge on any atom is -0.472 e. The molecule has 2 fully saturated rings. The third-order valence-electron chi connectivity index (χ3n) is 4.61. The Morgan fingerprint density at radius 2 is 2.38 bits per heavy atom. The second-order valence-electron chi connectivity index (χ2n) is 5.62. The van der Waals surface area contributed by atoms with Gasteiger partial charge in [-0.2, -0.15) is 0 Å². The van der Waals surface area contributed by atoms with Crippen LogP contribution in [0, 0.1) is 17.8 Å². The first-order valence-corrected chi connectivity index (χ1v) is 6.58. The van der Waals surface area contributed by atoms with Crippen LogP contribution in [-0.2, 0) is 0 Å². The maximum absolute atomic E-state index is 5.12. The normalized spacial score (nSPS) is 34.4. The molecule has 2 aliphatic carbocycles. The van der Waals surface area contributed by atoms with Crippen molar-refractivity contribution in [1.82, 2.24) is 5.32 Å².